The Morgan fingerprint density at radius 2 is 1.84 bits per heavy atom. The predicted molar refractivity (Wildman–Crippen MR) is 85.4 cm³/mol. The Bertz CT molecular complexity index is 561. The summed E-state index contributed by atoms with van der Waals surface area (Å²) in [7, 11) is 0. The average molecular weight is 253 g/mol. The van der Waals surface area contributed by atoms with E-state index in [-0.39, 0.29) is 0 Å². The summed E-state index contributed by atoms with van der Waals surface area (Å²) in [5.41, 5.74) is 2.77. The van der Waals surface area contributed by atoms with Gasteiger partial charge in [0.1, 0.15) is 0 Å². The molecule has 1 N–H and O–H groups in total. The lowest BCUT2D eigenvalue weighted by Crippen LogP contribution is -2.24. The third-order valence-electron chi connectivity index (χ3n) is 3.37. The van der Waals surface area contributed by atoms with Crippen molar-refractivity contribution in [2.45, 2.75) is 33.2 Å². The van der Waals surface area contributed by atoms with Crippen LogP contribution in [0.3, 0.4) is 0 Å². The largest absolute Gasteiger partial charge is 0.311 e. The zero-order valence-electron chi connectivity index (χ0n) is 12.1. The summed E-state index contributed by atoms with van der Waals surface area (Å²) in [6.45, 7) is 7.56. The molecular formula is C18H23N. The van der Waals surface area contributed by atoms with Crippen LogP contribution in [0.4, 0.5) is 0 Å². The molecule has 0 radical (unpaired) electrons. The van der Waals surface area contributed by atoms with Gasteiger partial charge in [-0.3, -0.25) is 0 Å². The van der Waals surface area contributed by atoms with Gasteiger partial charge in [-0.15, -0.1) is 0 Å². The number of fused-ring (bicyclic) bond motifs is 1. The van der Waals surface area contributed by atoms with E-state index >= 15 is 0 Å². The molecule has 0 bridgehead atoms. The van der Waals surface area contributed by atoms with Crippen molar-refractivity contribution in [3.63, 3.8) is 0 Å². The molecule has 100 valence electrons. The first-order chi connectivity index (χ1) is 9.20. The highest BCUT2D eigenvalue weighted by Gasteiger charge is 2.01. The molecule has 0 heterocycles. The zero-order valence-corrected chi connectivity index (χ0v) is 12.1. The van der Waals surface area contributed by atoms with Crippen molar-refractivity contribution >= 4 is 16.8 Å². The van der Waals surface area contributed by atoms with Crippen LogP contribution < -0.4 is 5.32 Å². The van der Waals surface area contributed by atoms with E-state index in [4.69, 9.17) is 0 Å². The minimum atomic E-state index is 0.530. The zero-order chi connectivity index (χ0) is 13.7. The van der Waals surface area contributed by atoms with Gasteiger partial charge in [0.25, 0.3) is 0 Å². The fraction of sp³-hybridized carbons (Fsp3) is 0.333. The molecular weight excluding hydrogens is 230 g/mol. The van der Waals surface area contributed by atoms with E-state index in [0.717, 1.165) is 13.0 Å². The summed E-state index contributed by atoms with van der Waals surface area (Å²) in [6, 6.07) is 15.6. The third kappa shape index (κ3) is 3.68. The number of rotatable bonds is 5. The van der Waals surface area contributed by atoms with Crippen LogP contribution in [0.15, 0.2) is 48.0 Å². The first-order valence-corrected chi connectivity index (χ1v) is 7.11. The highest BCUT2D eigenvalue weighted by atomic mass is 14.9. The van der Waals surface area contributed by atoms with E-state index in [9.17, 15) is 0 Å². The van der Waals surface area contributed by atoms with Crippen molar-refractivity contribution in [2.24, 2.45) is 0 Å². The molecule has 0 aliphatic rings. The van der Waals surface area contributed by atoms with E-state index in [1.54, 1.807) is 0 Å². The van der Waals surface area contributed by atoms with Gasteiger partial charge in [0.15, 0.2) is 0 Å². The van der Waals surface area contributed by atoms with E-state index < -0.39 is 0 Å². The normalized spacial score (nSPS) is 12.3. The highest BCUT2D eigenvalue weighted by Crippen LogP contribution is 2.21. The lowest BCUT2D eigenvalue weighted by molar-refractivity contribution is 0.617. The summed E-state index contributed by atoms with van der Waals surface area (Å²) >= 11 is 0. The Hall–Kier alpha value is -1.60. The second kappa shape index (κ2) is 6.53. The van der Waals surface area contributed by atoms with Crippen LogP contribution in [0, 0.1) is 0 Å². The molecule has 0 aliphatic carbocycles. The summed E-state index contributed by atoms with van der Waals surface area (Å²) in [6.07, 6.45) is 3.42. The van der Waals surface area contributed by atoms with Crippen LogP contribution in [0.25, 0.3) is 16.8 Å². The standard InChI is InChI=1S/C18H23N/c1-4-15(13-19-14(2)3)12-17-10-7-9-16-8-5-6-11-18(16)17/h5-12,14,19H,4,13H2,1-3H3. The van der Waals surface area contributed by atoms with E-state index in [0.29, 0.717) is 6.04 Å². The van der Waals surface area contributed by atoms with Crippen LogP contribution in [0.5, 0.6) is 0 Å². The summed E-state index contributed by atoms with van der Waals surface area (Å²) in [5, 5.41) is 6.14. The molecule has 2 aromatic carbocycles. The summed E-state index contributed by atoms with van der Waals surface area (Å²) in [5.74, 6) is 0. The number of hydrogen-bond acceptors (Lipinski definition) is 1. The van der Waals surface area contributed by atoms with Crippen molar-refractivity contribution < 1.29 is 0 Å². The number of nitrogens with one attached hydrogen (secondary N) is 1. The maximum absolute atomic E-state index is 3.50. The first kappa shape index (κ1) is 13.8. The van der Waals surface area contributed by atoms with Gasteiger partial charge in [0.05, 0.1) is 0 Å². The minimum Gasteiger partial charge on any atom is -0.311 e. The molecule has 0 unspecified atom stereocenters. The lowest BCUT2D eigenvalue weighted by Gasteiger charge is -2.11. The smallest absolute Gasteiger partial charge is 0.0170 e. The molecule has 0 saturated heterocycles. The summed E-state index contributed by atoms with van der Waals surface area (Å²) in [4.78, 5) is 0. The second-order valence-electron chi connectivity index (χ2n) is 5.26. The molecule has 1 nitrogen and oxygen atoms in total. The fourth-order valence-corrected chi connectivity index (χ4v) is 2.21. The Balaban J connectivity index is 2.32. The van der Waals surface area contributed by atoms with Gasteiger partial charge in [-0.05, 0) is 22.8 Å². The van der Waals surface area contributed by atoms with Crippen LogP contribution in [-0.4, -0.2) is 12.6 Å². The maximum Gasteiger partial charge on any atom is 0.0170 e. The Kier molecular flexibility index (Phi) is 4.75. The van der Waals surface area contributed by atoms with Gasteiger partial charge in [-0.2, -0.15) is 0 Å². The van der Waals surface area contributed by atoms with Crippen LogP contribution >= 0.6 is 0 Å². The SMILES string of the molecule is CCC(=Cc1cccc2ccccc12)CNC(C)C. The molecule has 1 heteroatoms. The Morgan fingerprint density at radius 3 is 2.58 bits per heavy atom. The molecule has 2 aromatic rings. The number of benzene rings is 2. The first-order valence-electron chi connectivity index (χ1n) is 7.11. The van der Waals surface area contributed by atoms with Crippen LogP contribution in [0.1, 0.15) is 32.8 Å². The quantitative estimate of drug-likeness (QED) is 0.819. The van der Waals surface area contributed by atoms with Gasteiger partial charge in [0.2, 0.25) is 0 Å². The summed E-state index contributed by atoms with van der Waals surface area (Å²) < 4.78 is 0. The molecule has 0 saturated carbocycles. The molecule has 0 aliphatic heterocycles. The number of hydrogen-bond donors (Lipinski definition) is 1. The Morgan fingerprint density at radius 1 is 1.11 bits per heavy atom. The van der Waals surface area contributed by atoms with Crippen molar-refractivity contribution in [2.75, 3.05) is 6.54 Å². The third-order valence-corrected chi connectivity index (χ3v) is 3.37. The van der Waals surface area contributed by atoms with Gasteiger partial charge in [-0.25, -0.2) is 0 Å². The maximum atomic E-state index is 3.50. The highest BCUT2D eigenvalue weighted by molar-refractivity contribution is 5.90. The minimum absolute atomic E-state index is 0.530. The van der Waals surface area contributed by atoms with Crippen molar-refractivity contribution in [1.29, 1.82) is 0 Å². The van der Waals surface area contributed by atoms with Crippen LogP contribution in [0.2, 0.25) is 0 Å². The Labute approximate surface area is 116 Å². The molecule has 19 heavy (non-hydrogen) atoms. The van der Waals surface area contributed by atoms with Gasteiger partial charge >= 0.3 is 0 Å². The predicted octanol–water partition coefficient (Wildman–Crippen LogP) is 4.63. The van der Waals surface area contributed by atoms with Gasteiger partial charge in [0, 0.05) is 12.6 Å². The van der Waals surface area contributed by atoms with Crippen LogP contribution in [-0.2, 0) is 0 Å². The van der Waals surface area contributed by atoms with Crippen molar-refractivity contribution in [3.8, 4) is 0 Å². The molecule has 0 aromatic heterocycles. The van der Waals surface area contributed by atoms with Gasteiger partial charge in [-0.1, -0.05) is 74.9 Å². The van der Waals surface area contributed by atoms with E-state index in [1.807, 2.05) is 0 Å². The molecule has 0 atom stereocenters. The fourth-order valence-electron chi connectivity index (χ4n) is 2.21. The molecule has 0 fully saturated rings. The topological polar surface area (TPSA) is 12.0 Å². The monoisotopic (exact) mass is 253 g/mol. The van der Waals surface area contributed by atoms with Crippen molar-refractivity contribution in [1.82, 2.24) is 5.32 Å². The van der Waals surface area contributed by atoms with Crippen molar-refractivity contribution in [3.05, 3.63) is 53.6 Å². The van der Waals surface area contributed by atoms with Gasteiger partial charge < -0.3 is 5.32 Å². The van der Waals surface area contributed by atoms with E-state index in [1.165, 1.54) is 21.9 Å². The lowest BCUT2D eigenvalue weighted by atomic mass is 10.0. The molecule has 0 spiro atoms. The average Bonchev–Trinajstić information content (AvgIpc) is 2.43. The van der Waals surface area contributed by atoms with E-state index in [2.05, 4.69) is 74.6 Å². The second-order valence-corrected chi connectivity index (χ2v) is 5.26. The molecule has 0 amide bonds. The molecule has 2 rings (SSSR count).